The third kappa shape index (κ3) is 2.83. The number of pyridine rings is 1. The van der Waals surface area contributed by atoms with E-state index in [1.54, 1.807) is 0 Å². The number of fused-ring (bicyclic) bond motifs is 2. The van der Waals surface area contributed by atoms with E-state index in [0.29, 0.717) is 11.8 Å². The van der Waals surface area contributed by atoms with Crippen LogP contribution < -0.4 is 10.6 Å². The molecule has 3 aliphatic rings. The zero-order chi connectivity index (χ0) is 17.9. The molecule has 138 valence electrons. The van der Waals surface area contributed by atoms with E-state index in [1.807, 2.05) is 18.0 Å². The zero-order valence-corrected chi connectivity index (χ0v) is 16.2. The minimum atomic E-state index is -0.492. The van der Waals surface area contributed by atoms with Crippen molar-refractivity contribution in [2.45, 2.75) is 37.1 Å². The Labute approximate surface area is 158 Å². The summed E-state index contributed by atoms with van der Waals surface area (Å²) in [7, 11) is 0. The van der Waals surface area contributed by atoms with Gasteiger partial charge in [0.1, 0.15) is 5.82 Å². The smallest absolute Gasteiger partial charge is 0.224 e. The number of imidazole rings is 1. The lowest BCUT2D eigenvalue weighted by molar-refractivity contribution is -0.124. The molecule has 1 aliphatic heterocycles. The number of hydrogen-bond acceptors (Lipinski definition) is 4. The van der Waals surface area contributed by atoms with E-state index in [4.69, 9.17) is 4.98 Å². The molecule has 2 saturated carbocycles. The van der Waals surface area contributed by atoms with Crippen molar-refractivity contribution >= 4 is 23.2 Å². The van der Waals surface area contributed by atoms with Gasteiger partial charge in [-0.2, -0.15) is 0 Å². The van der Waals surface area contributed by atoms with Crippen LogP contribution in [0.4, 0.5) is 0 Å². The molecule has 3 atom stereocenters. The van der Waals surface area contributed by atoms with Crippen LogP contribution in [0, 0.1) is 23.7 Å². The maximum absolute atomic E-state index is 12.7. The zero-order valence-electron chi connectivity index (χ0n) is 15.4. The molecule has 0 aromatic carbocycles. The Morgan fingerprint density at radius 1 is 1.38 bits per heavy atom. The van der Waals surface area contributed by atoms with Crippen LogP contribution >= 0.6 is 11.8 Å². The number of thioether (sulfide) groups is 1. The molecule has 26 heavy (non-hydrogen) atoms. The van der Waals surface area contributed by atoms with E-state index in [1.165, 1.54) is 23.5 Å². The van der Waals surface area contributed by atoms with E-state index in [2.05, 4.69) is 47.2 Å². The Balaban J connectivity index is 1.36. The molecule has 0 bridgehead atoms. The second kappa shape index (κ2) is 5.99. The first-order chi connectivity index (χ1) is 12.5. The summed E-state index contributed by atoms with van der Waals surface area (Å²) in [6.07, 6.45) is 6.76. The minimum Gasteiger partial charge on any atom is -0.344 e. The van der Waals surface area contributed by atoms with Crippen LogP contribution in [0.1, 0.15) is 32.5 Å². The van der Waals surface area contributed by atoms with Crippen LogP contribution in [0.15, 0.2) is 29.4 Å². The average molecular weight is 371 g/mol. The van der Waals surface area contributed by atoms with Gasteiger partial charge >= 0.3 is 0 Å². The molecule has 1 amide bonds. The Morgan fingerprint density at radius 3 is 2.88 bits per heavy atom. The highest BCUT2D eigenvalue weighted by Crippen LogP contribution is 2.49. The molecule has 2 aromatic heterocycles. The summed E-state index contributed by atoms with van der Waals surface area (Å²) >= 11 is 1.93. The lowest BCUT2D eigenvalue weighted by atomic mass is 10.0. The van der Waals surface area contributed by atoms with Crippen molar-refractivity contribution in [1.82, 2.24) is 20.0 Å². The van der Waals surface area contributed by atoms with Gasteiger partial charge in [0.25, 0.3) is 0 Å². The molecule has 5 nitrogen and oxygen atoms in total. The van der Waals surface area contributed by atoms with Crippen molar-refractivity contribution in [3.05, 3.63) is 30.4 Å². The first-order valence-electron chi connectivity index (χ1n) is 9.67. The highest BCUT2D eigenvalue weighted by molar-refractivity contribution is 7.99. The summed E-state index contributed by atoms with van der Waals surface area (Å²) in [6, 6.07) is 4.26. The third-order valence-electron chi connectivity index (χ3n) is 6.09. The van der Waals surface area contributed by atoms with Crippen LogP contribution in [-0.2, 0) is 10.3 Å². The van der Waals surface area contributed by atoms with Crippen LogP contribution in [0.5, 0.6) is 0 Å². The average Bonchev–Trinajstić information content (AvgIpc) is 3.46. The molecule has 0 spiro atoms. The summed E-state index contributed by atoms with van der Waals surface area (Å²) in [5, 5.41) is 6.62. The van der Waals surface area contributed by atoms with Crippen molar-refractivity contribution in [1.29, 1.82) is 0 Å². The van der Waals surface area contributed by atoms with Crippen molar-refractivity contribution in [3.8, 4) is 0 Å². The van der Waals surface area contributed by atoms with Crippen molar-refractivity contribution < 1.29 is 4.79 Å². The first kappa shape index (κ1) is 16.6. The maximum atomic E-state index is 12.7. The molecule has 3 heterocycles. The number of piperidine rings is 1. The van der Waals surface area contributed by atoms with Gasteiger partial charge in [-0.15, -0.1) is 11.8 Å². The summed E-state index contributed by atoms with van der Waals surface area (Å²) in [4.78, 5) is 18.7. The van der Waals surface area contributed by atoms with Crippen LogP contribution in [0.2, 0.25) is 0 Å². The first-order valence-corrected chi connectivity index (χ1v) is 10.7. The fourth-order valence-electron chi connectivity index (χ4n) is 4.33. The predicted molar refractivity (Wildman–Crippen MR) is 103 cm³/mol. The number of nitrogens with one attached hydrogen (secondary N) is 2. The van der Waals surface area contributed by atoms with Crippen molar-refractivity contribution in [2.24, 2.45) is 23.7 Å². The summed E-state index contributed by atoms with van der Waals surface area (Å²) in [5.41, 5.74) is 0.649. The van der Waals surface area contributed by atoms with E-state index < -0.39 is 5.54 Å². The van der Waals surface area contributed by atoms with E-state index in [0.717, 1.165) is 30.3 Å². The Kier molecular flexibility index (Phi) is 3.83. The molecule has 1 saturated heterocycles. The number of hydrogen-bond donors (Lipinski definition) is 2. The van der Waals surface area contributed by atoms with Crippen molar-refractivity contribution in [2.75, 3.05) is 18.8 Å². The van der Waals surface area contributed by atoms with Gasteiger partial charge < -0.3 is 15.0 Å². The number of carbonyl (C=O) groups is 1. The standard InChI is InChI=1S/C20H26N4OS/c1-20(2,23-18(25)17-13-8-21-9-14(13)17)19-22-10-15-16(4-3-7-24(15)19)26-11-12-5-6-12/h3-4,7,10,12-14,17,21H,5-6,8-9,11H2,1-2H3,(H,23,25)/t13-,14+,17-. The number of rotatable bonds is 6. The summed E-state index contributed by atoms with van der Waals surface area (Å²) in [5.74, 6) is 4.43. The third-order valence-corrected chi connectivity index (χ3v) is 7.39. The van der Waals surface area contributed by atoms with Crippen LogP contribution in [0.3, 0.4) is 0 Å². The van der Waals surface area contributed by atoms with Gasteiger partial charge in [0, 0.05) is 22.8 Å². The maximum Gasteiger partial charge on any atom is 0.224 e. The van der Waals surface area contributed by atoms with Gasteiger partial charge in [-0.05, 0) is 69.7 Å². The van der Waals surface area contributed by atoms with Gasteiger partial charge in [0.15, 0.2) is 0 Å². The van der Waals surface area contributed by atoms with Crippen LogP contribution in [0.25, 0.3) is 5.52 Å². The number of carbonyl (C=O) groups excluding carboxylic acids is 1. The molecule has 2 aromatic rings. The number of nitrogens with zero attached hydrogens (tertiary/aromatic N) is 2. The Hall–Kier alpha value is -1.53. The Bertz CT molecular complexity index is 847. The molecule has 0 unspecified atom stereocenters. The lowest BCUT2D eigenvalue weighted by Crippen LogP contribution is -2.44. The quantitative estimate of drug-likeness (QED) is 0.768. The second-order valence-corrected chi connectivity index (χ2v) is 9.65. The van der Waals surface area contributed by atoms with E-state index in [9.17, 15) is 4.79 Å². The minimum absolute atomic E-state index is 0.183. The largest absolute Gasteiger partial charge is 0.344 e. The monoisotopic (exact) mass is 370 g/mol. The Morgan fingerprint density at radius 2 is 2.15 bits per heavy atom. The lowest BCUT2D eigenvalue weighted by Gasteiger charge is -2.26. The molecular formula is C20H26N4OS. The predicted octanol–water partition coefficient (Wildman–Crippen LogP) is 2.65. The van der Waals surface area contributed by atoms with Gasteiger partial charge in [-0.3, -0.25) is 4.79 Å². The van der Waals surface area contributed by atoms with Gasteiger partial charge in [0.05, 0.1) is 17.3 Å². The summed E-state index contributed by atoms with van der Waals surface area (Å²) in [6.45, 7) is 6.08. The molecule has 2 aliphatic carbocycles. The van der Waals surface area contributed by atoms with E-state index in [-0.39, 0.29) is 11.8 Å². The van der Waals surface area contributed by atoms with Gasteiger partial charge in [0.2, 0.25) is 5.91 Å². The molecular weight excluding hydrogens is 344 g/mol. The molecule has 5 rings (SSSR count). The molecule has 6 heteroatoms. The fraction of sp³-hybridized carbons (Fsp3) is 0.600. The molecule has 0 radical (unpaired) electrons. The second-order valence-electron chi connectivity index (χ2n) is 8.59. The number of aromatic nitrogens is 2. The molecule has 3 fully saturated rings. The van der Waals surface area contributed by atoms with Gasteiger partial charge in [-0.25, -0.2) is 4.98 Å². The topological polar surface area (TPSA) is 58.4 Å². The van der Waals surface area contributed by atoms with Crippen molar-refractivity contribution in [3.63, 3.8) is 0 Å². The normalized spacial score (nSPS) is 27.5. The number of amides is 1. The summed E-state index contributed by atoms with van der Waals surface area (Å²) < 4.78 is 2.14. The van der Waals surface area contributed by atoms with E-state index >= 15 is 0 Å². The molecule has 2 N–H and O–H groups in total. The highest BCUT2D eigenvalue weighted by Gasteiger charge is 2.57. The fourth-order valence-corrected chi connectivity index (χ4v) is 5.55. The van der Waals surface area contributed by atoms with Gasteiger partial charge in [-0.1, -0.05) is 0 Å². The SMILES string of the molecule is CC(C)(NC(=O)[C@@H]1[C@@H]2CNC[C@@H]21)c1ncc2c(SCC3CC3)cccn12. The van der Waals surface area contributed by atoms with Crippen LogP contribution in [-0.4, -0.2) is 34.1 Å². The highest BCUT2D eigenvalue weighted by atomic mass is 32.2.